The van der Waals surface area contributed by atoms with E-state index < -0.39 is 0 Å². The molecule has 0 saturated carbocycles. The van der Waals surface area contributed by atoms with Crippen LogP contribution in [0, 0.1) is 12.8 Å². The third-order valence-electron chi connectivity index (χ3n) is 5.48. The Kier molecular flexibility index (Phi) is 5.60. The van der Waals surface area contributed by atoms with Gasteiger partial charge < -0.3 is 14.8 Å². The minimum absolute atomic E-state index is 0.0276. The molecular weight excluding hydrogens is 364 g/mol. The highest BCUT2D eigenvalue weighted by Crippen LogP contribution is 2.20. The molecule has 1 unspecified atom stereocenters. The molecule has 2 aromatic carbocycles. The first-order chi connectivity index (χ1) is 14.1. The lowest BCUT2D eigenvalue weighted by Gasteiger charge is -2.17. The van der Waals surface area contributed by atoms with Crippen LogP contribution in [0.4, 0.5) is 0 Å². The van der Waals surface area contributed by atoms with Crippen molar-refractivity contribution >= 4 is 22.8 Å². The molecule has 0 aliphatic carbocycles. The molecule has 0 spiro atoms. The molecule has 1 aliphatic heterocycles. The summed E-state index contributed by atoms with van der Waals surface area (Å²) < 4.78 is 2.10. The number of hydrogen-bond acceptors (Lipinski definition) is 3. The lowest BCUT2D eigenvalue weighted by molar-refractivity contribution is -0.129. The maximum atomic E-state index is 12.5. The van der Waals surface area contributed by atoms with E-state index in [0.29, 0.717) is 26.1 Å². The number of aryl methyl sites for hydroxylation is 2. The summed E-state index contributed by atoms with van der Waals surface area (Å²) in [6.45, 7) is 4.49. The van der Waals surface area contributed by atoms with Crippen molar-refractivity contribution in [3.8, 4) is 0 Å². The molecule has 0 bridgehead atoms. The van der Waals surface area contributed by atoms with Gasteiger partial charge in [-0.3, -0.25) is 9.59 Å². The quantitative estimate of drug-likeness (QED) is 0.631. The van der Waals surface area contributed by atoms with Crippen molar-refractivity contribution in [3.05, 3.63) is 66.0 Å². The first-order valence-corrected chi connectivity index (χ1v) is 10.1. The van der Waals surface area contributed by atoms with Crippen molar-refractivity contribution < 1.29 is 9.59 Å². The Morgan fingerprint density at radius 2 is 1.97 bits per heavy atom. The predicted octanol–water partition coefficient (Wildman–Crippen LogP) is 2.90. The number of amides is 2. The number of carbonyl (C=O) groups is 2. The van der Waals surface area contributed by atoms with Crippen molar-refractivity contribution in [1.82, 2.24) is 19.8 Å². The zero-order valence-electron chi connectivity index (χ0n) is 16.7. The minimum Gasteiger partial charge on any atom is -0.356 e. The zero-order valence-corrected chi connectivity index (χ0v) is 16.7. The number of carbonyl (C=O) groups excluding carboxylic acids is 2. The second-order valence-corrected chi connectivity index (χ2v) is 7.73. The molecule has 2 heterocycles. The van der Waals surface area contributed by atoms with Crippen LogP contribution in [0.5, 0.6) is 0 Å². The van der Waals surface area contributed by atoms with E-state index in [-0.39, 0.29) is 17.7 Å². The third-order valence-corrected chi connectivity index (χ3v) is 5.48. The summed E-state index contributed by atoms with van der Waals surface area (Å²) in [5.41, 5.74) is 4.38. The average Bonchev–Trinajstić information content (AvgIpc) is 3.31. The van der Waals surface area contributed by atoms with Gasteiger partial charge >= 0.3 is 0 Å². The topological polar surface area (TPSA) is 67.2 Å². The van der Waals surface area contributed by atoms with Crippen LogP contribution in [0.2, 0.25) is 0 Å². The number of fused-ring (bicyclic) bond motifs is 1. The fraction of sp³-hybridized carbons (Fsp3) is 0.348. The Balaban J connectivity index is 1.23. The van der Waals surface area contributed by atoms with E-state index in [4.69, 9.17) is 0 Å². The number of rotatable bonds is 7. The number of nitrogens with zero attached hydrogens (tertiary/aromatic N) is 3. The second-order valence-electron chi connectivity index (χ2n) is 7.73. The fourth-order valence-electron chi connectivity index (χ4n) is 3.81. The van der Waals surface area contributed by atoms with E-state index in [0.717, 1.165) is 29.6 Å². The van der Waals surface area contributed by atoms with Gasteiger partial charge in [0.1, 0.15) is 0 Å². The van der Waals surface area contributed by atoms with Crippen LogP contribution in [0.15, 0.2) is 54.9 Å². The zero-order chi connectivity index (χ0) is 20.2. The van der Waals surface area contributed by atoms with Gasteiger partial charge in [-0.05, 0) is 31.0 Å². The van der Waals surface area contributed by atoms with Crippen LogP contribution < -0.4 is 5.32 Å². The molecule has 150 valence electrons. The maximum absolute atomic E-state index is 12.5. The molecule has 6 heteroatoms. The van der Waals surface area contributed by atoms with Gasteiger partial charge in [-0.1, -0.05) is 42.0 Å². The van der Waals surface area contributed by atoms with Gasteiger partial charge in [0.15, 0.2) is 0 Å². The maximum Gasteiger partial charge on any atom is 0.225 e. The molecule has 4 rings (SSSR count). The summed E-state index contributed by atoms with van der Waals surface area (Å²) in [5.74, 6) is -0.238. The summed E-state index contributed by atoms with van der Waals surface area (Å²) in [5, 5.41) is 3.00. The molecule has 1 N–H and O–H groups in total. The molecule has 1 aromatic heterocycles. The van der Waals surface area contributed by atoms with Crippen LogP contribution in [-0.2, 0) is 22.7 Å². The fourth-order valence-corrected chi connectivity index (χ4v) is 3.81. The number of nitrogens with one attached hydrogen (secondary N) is 1. The highest BCUT2D eigenvalue weighted by molar-refractivity contribution is 5.89. The highest BCUT2D eigenvalue weighted by atomic mass is 16.2. The molecule has 1 atom stereocenters. The molecule has 1 saturated heterocycles. The van der Waals surface area contributed by atoms with Gasteiger partial charge in [-0.2, -0.15) is 0 Å². The summed E-state index contributed by atoms with van der Waals surface area (Å²) in [7, 11) is 0. The van der Waals surface area contributed by atoms with E-state index in [1.165, 1.54) is 5.56 Å². The van der Waals surface area contributed by atoms with E-state index in [1.54, 1.807) is 4.90 Å². The number of benzene rings is 2. The molecular formula is C23H26N4O2. The number of imidazole rings is 1. The predicted molar refractivity (Wildman–Crippen MR) is 112 cm³/mol. The van der Waals surface area contributed by atoms with Crippen molar-refractivity contribution in [2.24, 2.45) is 5.92 Å². The van der Waals surface area contributed by atoms with E-state index in [2.05, 4.69) is 14.9 Å². The van der Waals surface area contributed by atoms with Gasteiger partial charge in [0.25, 0.3) is 0 Å². The van der Waals surface area contributed by atoms with Crippen molar-refractivity contribution in [3.63, 3.8) is 0 Å². The Morgan fingerprint density at radius 1 is 1.17 bits per heavy atom. The number of para-hydroxylation sites is 2. The largest absolute Gasteiger partial charge is 0.356 e. The summed E-state index contributed by atoms with van der Waals surface area (Å²) in [4.78, 5) is 31.0. The second kappa shape index (κ2) is 8.47. The monoisotopic (exact) mass is 390 g/mol. The van der Waals surface area contributed by atoms with Crippen LogP contribution in [-0.4, -0.2) is 39.4 Å². The molecule has 0 radical (unpaired) electrons. The SMILES string of the molecule is Cc1ccc(CN2CC(C(=O)NCCCn3cnc4ccccc43)CC2=O)cc1. The van der Waals surface area contributed by atoms with E-state index in [9.17, 15) is 9.59 Å². The average molecular weight is 390 g/mol. The summed E-state index contributed by atoms with van der Waals surface area (Å²) in [6, 6.07) is 16.2. The molecule has 2 amide bonds. The Morgan fingerprint density at radius 3 is 2.79 bits per heavy atom. The summed E-state index contributed by atoms with van der Waals surface area (Å²) in [6.07, 6.45) is 2.95. The van der Waals surface area contributed by atoms with Crippen LogP contribution in [0.1, 0.15) is 24.0 Å². The Bertz CT molecular complexity index is 1010. The van der Waals surface area contributed by atoms with E-state index in [1.807, 2.05) is 61.8 Å². The lowest BCUT2D eigenvalue weighted by Crippen LogP contribution is -2.33. The van der Waals surface area contributed by atoms with E-state index >= 15 is 0 Å². The van der Waals surface area contributed by atoms with Crippen molar-refractivity contribution in [2.75, 3.05) is 13.1 Å². The molecule has 6 nitrogen and oxygen atoms in total. The van der Waals surface area contributed by atoms with Crippen molar-refractivity contribution in [2.45, 2.75) is 32.9 Å². The third kappa shape index (κ3) is 4.47. The highest BCUT2D eigenvalue weighted by Gasteiger charge is 2.33. The molecule has 3 aromatic rings. The number of likely N-dealkylation sites (tertiary alicyclic amines) is 1. The van der Waals surface area contributed by atoms with Gasteiger partial charge in [0.2, 0.25) is 11.8 Å². The molecule has 29 heavy (non-hydrogen) atoms. The van der Waals surface area contributed by atoms with Crippen LogP contribution in [0.25, 0.3) is 11.0 Å². The van der Waals surface area contributed by atoms with Crippen LogP contribution >= 0.6 is 0 Å². The van der Waals surface area contributed by atoms with Gasteiger partial charge in [-0.15, -0.1) is 0 Å². The Labute approximate surface area is 170 Å². The minimum atomic E-state index is -0.262. The van der Waals surface area contributed by atoms with Gasteiger partial charge in [0.05, 0.1) is 23.3 Å². The van der Waals surface area contributed by atoms with Gasteiger partial charge in [-0.25, -0.2) is 4.98 Å². The first kappa shape index (κ1) is 19.2. The van der Waals surface area contributed by atoms with Crippen LogP contribution in [0.3, 0.4) is 0 Å². The number of hydrogen-bond donors (Lipinski definition) is 1. The standard InChI is InChI=1S/C23H26N4O2/c1-17-7-9-18(10-8-17)14-27-15-19(13-22(27)28)23(29)24-11-4-12-26-16-25-20-5-2-3-6-21(20)26/h2-3,5-10,16,19H,4,11-15H2,1H3,(H,24,29). The lowest BCUT2D eigenvalue weighted by atomic mass is 10.1. The normalized spacial score (nSPS) is 16.5. The van der Waals surface area contributed by atoms with Crippen molar-refractivity contribution in [1.29, 1.82) is 0 Å². The first-order valence-electron chi connectivity index (χ1n) is 10.1. The molecule has 1 aliphatic rings. The Hall–Kier alpha value is -3.15. The molecule has 1 fully saturated rings. The smallest absolute Gasteiger partial charge is 0.225 e. The summed E-state index contributed by atoms with van der Waals surface area (Å²) >= 11 is 0. The number of aromatic nitrogens is 2. The van der Waals surface area contributed by atoms with Gasteiger partial charge in [0, 0.05) is 32.6 Å².